The molecule has 0 radical (unpaired) electrons. The maximum Gasteiger partial charge on any atom is 0.295 e. The topological polar surface area (TPSA) is 167 Å². The molecule has 0 atom stereocenters. The third-order valence-corrected chi connectivity index (χ3v) is 6.43. The van der Waals surface area contributed by atoms with Gasteiger partial charge in [0.1, 0.15) is 9.79 Å². The van der Waals surface area contributed by atoms with Crippen LogP contribution in [0.25, 0.3) is 12.2 Å². The van der Waals surface area contributed by atoms with E-state index in [-0.39, 0.29) is 46.2 Å². The van der Waals surface area contributed by atoms with Crippen LogP contribution in [0, 0.1) is 11.8 Å². The summed E-state index contributed by atoms with van der Waals surface area (Å²) in [6, 6.07) is 7.62. The van der Waals surface area contributed by atoms with Crippen LogP contribution >= 0.6 is 0 Å². The Bertz CT molecular complexity index is 1240. The number of nitrogens with one attached hydrogen (secondary N) is 2. The van der Waals surface area contributed by atoms with Gasteiger partial charge in [0.15, 0.2) is 0 Å². The van der Waals surface area contributed by atoms with E-state index in [1.165, 1.54) is 36.4 Å². The summed E-state index contributed by atoms with van der Waals surface area (Å²) in [6.45, 7) is 6.62. The molecule has 2 aromatic rings. The number of carbonyl (C=O) groups is 2. The van der Waals surface area contributed by atoms with E-state index in [0.717, 1.165) is 12.1 Å². The molecule has 12 heteroatoms. The van der Waals surface area contributed by atoms with Crippen molar-refractivity contribution in [3.63, 3.8) is 0 Å². The first-order valence-electron chi connectivity index (χ1n) is 10.1. The molecule has 0 saturated carbocycles. The molecule has 10 nitrogen and oxygen atoms in total. The van der Waals surface area contributed by atoms with Gasteiger partial charge < -0.3 is 10.6 Å². The lowest BCUT2D eigenvalue weighted by Crippen LogP contribution is -2.18. The Balaban J connectivity index is 2.51. The molecule has 0 aromatic heterocycles. The van der Waals surface area contributed by atoms with Crippen molar-refractivity contribution in [2.24, 2.45) is 11.8 Å². The summed E-state index contributed by atoms with van der Waals surface area (Å²) in [6.07, 6.45) is 2.46. The van der Waals surface area contributed by atoms with Gasteiger partial charge in [-0.2, -0.15) is 16.8 Å². The van der Waals surface area contributed by atoms with Gasteiger partial charge in [0.05, 0.1) is 0 Å². The molecule has 2 rings (SSSR count). The summed E-state index contributed by atoms with van der Waals surface area (Å²) in [4.78, 5) is 22.7. The molecular weight excluding hydrogens is 484 g/mol. The Morgan fingerprint density at radius 1 is 0.706 bits per heavy atom. The number of amides is 2. The van der Waals surface area contributed by atoms with Crippen LogP contribution in [0.15, 0.2) is 46.2 Å². The van der Waals surface area contributed by atoms with E-state index in [0.29, 0.717) is 0 Å². The van der Waals surface area contributed by atoms with Crippen molar-refractivity contribution in [1.29, 1.82) is 0 Å². The number of hydrogen-bond acceptors (Lipinski definition) is 6. The fourth-order valence-corrected chi connectivity index (χ4v) is 4.12. The average Bonchev–Trinajstić information content (AvgIpc) is 2.71. The van der Waals surface area contributed by atoms with Gasteiger partial charge in [0.2, 0.25) is 11.8 Å². The van der Waals surface area contributed by atoms with Gasteiger partial charge in [0.25, 0.3) is 20.2 Å². The lowest BCUT2D eigenvalue weighted by atomic mass is 10.1. The Morgan fingerprint density at radius 3 is 1.29 bits per heavy atom. The molecule has 0 heterocycles. The second kappa shape index (κ2) is 10.5. The van der Waals surface area contributed by atoms with Gasteiger partial charge in [-0.15, -0.1) is 0 Å². The van der Waals surface area contributed by atoms with E-state index in [2.05, 4.69) is 10.6 Å². The van der Waals surface area contributed by atoms with E-state index in [1.807, 2.05) is 0 Å². The normalized spacial score (nSPS) is 12.4. The highest BCUT2D eigenvalue weighted by Gasteiger charge is 2.19. The Kier molecular flexibility index (Phi) is 8.37. The molecular formula is C22H26N2O8S2. The van der Waals surface area contributed by atoms with Crippen LogP contribution in [0.5, 0.6) is 0 Å². The molecule has 0 spiro atoms. The van der Waals surface area contributed by atoms with Crippen molar-refractivity contribution in [1.82, 2.24) is 0 Å². The zero-order valence-corrected chi connectivity index (χ0v) is 20.6. The Labute approximate surface area is 198 Å². The summed E-state index contributed by atoms with van der Waals surface area (Å²) in [5.41, 5.74) is 0.298. The van der Waals surface area contributed by atoms with Crippen LogP contribution in [0.1, 0.15) is 38.8 Å². The first-order chi connectivity index (χ1) is 15.6. The first-order valence-corrected chi connectivity index (χ1v) is 13.0. The van der Waals surface area contributed by atoms with Gasteiger partial charge >= 0.3 is 0 Å². The van der Waals surface area contributed by atoms with Gasteiger partial charge in [-0.05, 0) is 35.4 Å². The number of rotatable bonds is 8. The maximum absolute atomic E-state index is 11.9. The van der Waals surface area contributed by atoms with E-state index >= 15 is 0 Å². The molecule has 4 N–H and O–H groups in total. The fourth-order valence-electron chi connectivity index (χ4n) is 2.70. The molecule has 0 fully saturated rings. The van der Waals surface area contributed by atoms with Gasteiger partial charge in [-0.1, -0.05) is 52.0 Å². The molecule has 2 amide bonds. The third kappa shape index (κ3) is 7.22. The first kappa shape index (κ1) is 27.2. The van der Waals surface area contributed by atoms with Gasteiger partial charge in [-0.3, -0.25) is 18.7 Å². The summed E-state index contributed by atoms with van der Waals surface area (Å²) in [5, 5.41) is 5.06. The molecule has 0 aliphatic carbocycles. The van der Waals surface area contributed by atoms with E-state index in [9.17, 15) is 35.5 Å². The Morgan fingerprint density at radius 2 is 1.03 bits per heavy atom. The molecule has 0 bridgehead atoms. The monoisotopic (exact) mass is 510 g/mol. The van der Waals surface area contributed by atoms with Crippen LogP contribution < -0.4 is 10.6 Å². The standard InChI is InChI=1S/C22H26N2O8S2/c1-13(2)21(25)23-17-9-7-15(19(11-17)33(27,28)29)5-6-16-8-10-18(24-22(26)14(3)4)12-20(16)34(30,31)32/h5-14H,1-4H3,(H,23,25)(H,24,26)(H,27,28,29)(H,30,31,32). The van der Waals surface area contributed by atoms with Crippen molar-refractivity contribution >= 4 is 55.6 Å². The zero-order valence-electron chi connectivity index (χ0n) is 18.9. The summed E-state index contributed by atoms with van der Waals surface area (Å²) in [5.74, 6) is -1.43. The van der Waals surface area contributed by atoms with Gasteiger partial charge in [-0.25, -0.2) is 0 Å². The van der Waals surface area contributed by atoms with Crippen molar-refractivity contribution in [2.45, 2.75) is 37.5 Å². The lowest BCUT2D eigenvalue weighted by molar-refractivity contribution is -0.119. The minimum absolute atomic E-state index is 0.00326. The predicted molar refractivity (Wildman–Crippen MR) is 128 cm³/mol. The molecule has 34 heavy (non-hydrogen) atoms. The number of benzene rings is 2. The van der Waals surface area contributed by atoms with E-state index < -0.39 is 30.0 Å². The zero-order chi connectivity index (χ0) is 25.8. The van der Waals surface area contributed by atoms with Crippen molar-refractivity contribution in [2.75, 3.05) is 10.6 Å². The lowest BCUT2D eigenvalue weighted by Gasteiger charge is -2.11. The third-order valence-electron chi connectivity index (χ3n) is 4.61. The minimum atomic E-state index is -4.70. The smallest absolute Gasteiger partial charge is 0.295 e. The van der Waals surface area contributed by atoms with E-state index in [1.54, 1.807) is 27.7 Å². The SMILES string of the molecule is CC(C)C(=O)Nc1ccc(C=Cc2ccc(NC(=O)C(C)C)cc2S(=O)(=O)O)c(S(=O)(=O)O)c1. The molecule has 0 saturated heterocycles. The molecule has 2 aromatic carbocycles. The van der Waals surface area contributed by atoms with Crippen molar-refractivity contribution in [3.05, 3.63) is 47.5 Å². The highest BCUT2D eigenvalue weighted by atomic mass is 32.2. The van der Waals surface area contributed by atoms with Crippen LogP contribution in [0.4, 0.5) is 11.4 Å². The number of carbonyl (C=O) groups excluding carboxylic acids is 2. The highest BCUT2D eigenvalue weighted by molar-refractivity contribution is 7.86. The maximum atomic E-state index is 11.9. The summed E-state index contributed by atoms with van der Waals surface area (Å²) >= 11 is 0. The van der Waals surface area contributed by atoms with Crippen LogP contribution in [-0.2, 0) is 29.8 Å². The second-order valence-corrected chi connectivity index (χ2v) is 10.9. The summed E-state index contributed by atoms with van der Waals surface area (Å²) in [7, 11) is -9.40. The predicted octanol–water partition coefficient (Wildman–Crippen LogP) is 3.54. The van der Waals surface area contributed by atoms with Crippen LogP contribution in [0.2, 0.25) is 0 Å². The number of anilines is 2. The number of hydrogen-bond donors (Lipinski definition) is 4. The van der Waals surface area contributed by atoms with Crippen LogP contribution in [-0.4, -0.2) is 37.8 Å². The average molecular weight is 511 g/mol. The fraction of sp³-hybridized carbons (Fsp3) is 0.273. The largest absolute Gasteiger partial charge is 0.326 e. The second-order valence-electron chi connectivity index (χ2n) is 8.08. The highest BCUT2D eigenvalue weighted by Crippen LogP contribution is 2.26. The quantitative estimate of drug-likeness (QED) is 0.309. The van der Waals surface area contributed by atoms with Crippen molar-refractivity contribution < 1.29 is 35.5 Å². The molecule has 0 aliphatic rings. The minimum Gasteiger partial charge on any atom is -0.326 e. The molecule has 184 valence electrons. The summed E-state index contributed by atoms with van der Waals surface area (Å²) < 4.78 is 66.9. The van der Waals surface area contributed by atoms with Gasteiger partial charge in [0, 0.05) is 23.2 Å². The molecule has 0 aliphatic heterocycles. The molecule has 0 unspecified atom stereocenters. The van der Waals surface area contributed by atoms with Crippen molar-refractivity contribution in [3.8, 4) is 0 Å². The van der Waals surface area contributed by atoms with Crippen LogP contribution in [0.3, 0.4) is 0 Å². The Hall–Kier alpha value is -3.06. The van der Waals surface area contributed by atoms with E-state index in [4.69, 9.17) is 0 Å².